The molecule has 0 saturated carbocycles. The third-order valence-electron chi connectivity index (χ3n) is 3.66. The van der Waals surface area contributed by atoms with Crippen LogP contribution in [-0.4, -0.2) is 46.8 Å². The Labute approximate surface area is 109 Å². The number of pyridine rings is 1. The van der Waals surface area contributed by atoms with Gasteiger partial charge in [0.25, 0.3) is 0 Å². The first-order chi connectivity index (χ1) is 8.79. The zero-order valence-corrected chi connectivity index (χ0v) is 11.0. The van der Waals surface area contributed by atoms with Gasteiger partial charge in [0.05, 0.1) is 0 Å². The van der Waals surface area contributed by atoms with Crippen molar-refractivity contribution < 1.29 is 5.11 Å². The summed E-state index contributed by atoms with van der Waals surface area (Å²) >= 11 is 0. The number of nitrogens with one attached hydrogen (secondary N) is 1. The molecule has 1 aliphatic heterocycles. The zero-order valence-electron chi connectivity index (χ0n) is 11.0. The predicted molar refractivity (Wildman–Crippen MR) is 72.2 cm³/mol. The van der Waals surface area contributed by atoms with Crippen LogP contribution in [0.2, 0.25) is 0 Å². The number of rotatable bonds is 4. The Bertz CT molecular complexity index is 344. The maximum absolute atomic E-state index is 9.08. The molecule has 1 aromatic heterocycles. The van der Waals surface area contributed by atoms with Gasteiger partial charge in [0.15, 0.2) is 0 Å². The summed E-state index contributed by atoms with van der Waals surface area (Å²) in [7, 11) is 0. The largest absolute Gasteiger partial charge is 0.396 e. The van der Waals surface area contributed by atoms with Crippen LogP contribution in [0.25, 0.3) is 0 Å². The lowest BCUT2D eigenvalue weighted by Crippen LogP contribution is -2.40. The summed E-state index contributed by atoms with van der Waals surface area (Å²) in [5.41, 5.74) is 1.26. The molecule has 4 heteroatoms. The van der Waals surface area contributed by atoms with Crippen molar-refractivity contribution in [2.24, 2.45) is 0 Å². The van der Waals surface area contributed by atoms with Crippen LogP contribution < -0.4 is 5.32 Å². The fraction of sp³-hybridized carbons (Fsp3) is 0.643. The SMILES string of the molecule is CC1CCNC(CCO)CN1Cc1cccnc1. The average molecular weight is 249 g/mol. The highest BCUT2D eigenvalue weighted by Crippen LogP contribution is 2.14. The summed E-state index contributed by atoms with van der Waals surface area (Å²) < 4.78 is 0. The molecule has 2 rings (SSSR count). The van der Waals surface area contributed by atoms with Gasteiger partial charge >= 0.3 is 0 Å². The molecule has 0 spiro atoms. The van der Waals surface area contributed by atoms with Crippen molar-refractivity contribution in [2.45, 2.75) is 38.4 Å². The van der Waals surface area contributed by atoms with E-state index >= 15 is 0 Å². The maximum atomic E-state index is 9.08. The number of aliphatic hydroxyl groups excluding tert-OH is 1. The van der Waals surface area contributed by atoms with E-state index in [2.05, 4.69) is 28.2 Å². The molecule has 2 atom stereocenters. The molecule has 1 aliphatic rings. The number of aliphatic hydroxyl groups is 1. The van der Waals surface area contributed by atoms with Crippen LogP contribution in [0.1, 0.15) is 25.3 Å². The highest BCUT2D eigenvalue weighted by molar-refractivity contribution is 5.08. The van der Waals surface area contributed by atoms with Crippen molar-refractivity contribution in [2.75, 3.05) is 19.7 Å². The van der Waals surface area contributed by atoms with Gasteiger partial charge in [0, 0.05) is 44.2 Å². The molecule has 1 aromatic rings. The topological polar surface area (TPSA) is 48.4 Å². The van der Waals surface area contributed by atoms with Gasteiger partial charge < -0.3 is 10.4 Å². The third-order valence-corrected chi connectivity index (χ3v) is 3.66. The second kappa shape index (κ2) is 6.83. The monoisotopic (exact) mass is 249 g/mol. The molecule has 2 unspecified atom stereocenters. The summed E-state index contributed by atoms with van der Waals surface area (Å²) in [4.78, 5) is 6.66. The smallest absolute Gasteiger partial charge is 0.0446 e. The molecule has 0 aliphatic carbocycles. The van der Waals surface area contributed by atoms with Gasteiger partial charge in [-0.15, -0.1) is 0 Å². The molecule has 18 heavy (non-hydrogen) atoms. The minimum atomic E-state index is 0.257. The lowest BCUT2D eigenvalue weighted by atomic mass is 10.1. The van der Waals surface area contributed by atoms with Crippen LogP contribution in [0.4, 0.5) is 0 Å². The summed E-state index contributed by atoms with van der Waals surface area (Å²) in [5.74, 6) is 0. The summed E-state index contributed by atoms with van der Waals surface area (Å²) in [6.07, 6.45) is 5.73. The summed E-state index contributed by atoms with van der Waals surface area (Å²) in [6, 6.07) is 5.08. The van der Waals surface area contributed by atoms with Gasteiger partial charge in [-0.25, -0.2) is 0 Å². The Morgan fingerprint density at radius 1 is 1.56 bits per heavy atom. The minimum absolute atomic E-state index is 0.257. The fourth-order valence-electron chi connectivity index (χ4n) is 2.50. The van der Waals surface area contributed by atoms with Crippen molar-refractivity contribution in [1.29, 1.82) is 0 Å². The zero-order chi connectivity index (χ0) is 12.8. The predicted octanol–water partition coefficient (Wildman–Crippen LogP) is 1.02. The lowest BCUT2D eigenvalue weighted by molar-refractivity contribution is 0.182. The number of nitrogens with zero attached hydrogens (tertiary/aromatic N) is 2. The Morgan fingerprint density at radius 3 is 3.17 bits per heavy atom. The number of hydrogen-bond donors (Lipinski definition) is 2. The van der Waals surface area contributed by atoms with Gasteiger partial charge in [-0.1, -0.05) is 6.07 Å². The lowest BCUT2D eigenvalue weighted by Gasteiger charge is -2.28. The van der Waals surface area contributed by atoms with Crippen molar-refractivity contribution in [3.63, 3.8) is 0 Å². The molecule has 0 bridgehead atoms. The summed E-state index contributed by atoms with van der Waals surface area (Å²) in [6.45, 7) is 5.51. The summed E-state index contributed by atoms with van der Waals surface area (Å²) in [5, 5.41) is 12.6. The second-order valence-corrected chi connectivity index (χ2v) is 5.09. The van der Waals surface area contributed by atoms with Gasteiger partial charge in [0.1, 0.15) is 0 Å². The molecule has 1 fully saturated rings. The highest BCUT2D eigenvalue weighted by Gasteiger charge is 2.22. The third kappa shape index (κ3) is 3.77. The van der Waals surface area contributed by atoms with Crippen LogP contribution in [0.5, 0.6) is 0 Å². The Hall–Kier alpha value is -0.970. The van der Waals surface area contributed by atoms with E-state index in [0.29, 0.717) is 12.1 Å². The van der Waals surface area contributed by atoms with E-state index in [1.165, 1.54) is 5.56 Å². The van der Waals surface area contributed by atoms with Crippen molar-refractivity contribution in [3.05, 3.63) is 30.1 Å². The Morgan fingerprint density at radius 2 is 2.44 bits per heavy atom. The number of hydrogen-bond acceptors (Lipinski definition) is 4. The van der Waals surface area contributed by atoms with Crippen molar-refractivity contribution in [1.82, 2.24) is 15.2 Å². The van der Waals surface area contributed by atoms with Gasteiger partial charge in [-0.3, -0.25) is 9.88 Å². The molecule has 2 N–H and O–H groups in total. The van der Waals surface area contributed by atoms with E-state index in [0.717, 1.165) is 32.5 Å². The van der Waals surface area contributed by atoms with E-state index < -0.39 is 0 Å². The molecular formula is C14H23N3O. The average Bonchev–Trinajstić information content (AvgIpc) is 2.54. The fourth-order valence-corrected chi connectivity index (χ4v) is 2.50. The van der Waals surface area contributed by atoms with Crippen molar-refractivity contribution >= 4 is 0 Å². The molecule has 4 nitrogen and oxygen atoms in total. The molecule has 0 radical (unpaired) electrons. The standard InChI is InChI=1S/C14H23N3O/c1-12-4-7-16-14(5-8-18)11-17(12)10-13-3-2-6-15-9-13/h2-3,6,9,12,14,16,18H,4-5,7-8,10-11H2,1H3. The van der Waals surface area contributed by atoms with Gasteiger partial charge in [-0.05, 0) is 37.9 Å². The highest BCUT2D eigenvalue weighted by atomic mass is 16.3. The Balaban J connectivity index is 1.99. The molecule has 0 amide bonds. The van der Waals surface area contributed by atoms with Crippen LogP contribution in [0.15, 0.2) is 24.5 Å². The van der Waals surface area contributed by atoms with E-state index in [9.17, 15) is 0 Å². The molecule has 0 aromatic carbocycles. The normalized spacial score (nSPS) is 25.9. The van der Waals surface area contributed by atoms with Crippen LogP contribution >= 0.6 is 0 Å². The van der Waals surface area contributed by atoms with Crippen LogP contribution in [0, 0.1) is 0 Å². The number of aromatic nitrogens is 1. The van der Waals surface area contributed by atoms with E-state index in [-0.39, 0.29) is 6.61 Å². The first-order valence-electron chi connectivity index (χ1n) is 6.77. The van der Waals surface area contributed by atoms with E-state index in [1.807, 2.05) is 18.5 Å². The maximum Gasteiger partial charge on any atom is 0.0446 e. The second-order valence-electron chi connectivity index (χ2n) is 5.09. The first kappa shape index (κ1) is 13.5. The van der Waals surface area contributed by atoms with Crippen LogP contribution in [-0.2, 0) is 6.54 Å². The van der Waals surface area contributed by atoms with E-state index in [4.69, 9.17) is 5.11 Å². The van der Waals surface area contributed by atoms with Crippen molar-refractivity contribution in [3.8, 4) is 0 Å². The minimum Gasteiger partial charge on any atom is -0.396 e. The quantitative estimate of drug-likeness (QED) is 0.836. The molecular weight excluding hydrogens is 226 g/mol. The Kier molecular flexibility index (Phi) is 5.11. The van der Waals surface area contributed by atoms with Gasteiger partial charge in [-0.2, -0.15) is 0 Å². The molecule has 2 heterocycles. The molecule has 100 valence electrons. The first-order valence-corrected chi connectivity index (χ1v) is 6.77. The molecule has 1 saturated heterocycles. The van der Waals surface area contributed by atoms with Gasteiger partial charge in [0.2, 0.25) is 0 Å². The van der Waals surface area contributed by atoms with Crippen LogP contribution in [0.3, 0.4) is 0 Å². The van der Waals surface area contributed by atoms with E-state index in [1.54, 1.807) is 0 Å².